The summed E-state index contributed by atoms with van der Waals surface area (Å²) in [6.45, 7) is 15.9. The number of H-pyrrole nitrogens is 4. The minimum absolute atomic E-state index is 0.0326. The second-order valence-corrected chi connectivity index (χ2v) is 29.1. The molecule has 2 fully saturated rings. The minimum Gasteiger partial charge on any atom is -0.360 e. The van der Waals surface area contributed by atoms with Crippen LogP contribution in [0.25, 0.3) is 99.1 Å². The van der Waals surface area contributed by atoms with Crippen molar-refractivity contribution >= 4 is 111 Å². The molecule has 0 saturated heterocycles. The highest BCUT2D eigenvalue weighted by molar-refractivity contribution is 5.90. The van der Waals surface area contributed by atoms with Gasteiger partial charge in [-0.25, -0.2) is 64.2 Å². The molecular weight excluding hydrogens is 1450 g/mol. The molecule has 12 heterocycles. The van der Waals surface area contributed by atoms with Gasteiger partial charge in [-0.15, -0.1) is 0 Å². The Morgan fingerprint density at radius 2 is 0.652 bits per heavy atom. The summed E-state index contributed by atoms with van der Waals surface area (Å²) in [4.78, 5) is 117. The van der Waals surface area contributed by atoms with Crippen molar-refractivity contribution in [2.75, 3.05) is 21.3 Å². The van der Waals surface area contributed by atoms with Gasteiger partial charge in [-0.2, -0.15) is 0 Å². The van der Waals surface area contributed by atoms with Crippen LogP contribution in [0, 0.1) is 33.5 Å². The molecule has 0 spiro atoms. The molecule has 4 atom stereocenters. The van der Waals surface area contributed by atoms with Crippen LogP contribution in [0.5, 0.6) is 0 Å². The number of anilines is 4. The molecule has 12 aromatic heterocycles. The topological polar surface area (TPSA) is 354 Å². The number of hydrogen-bond acceptors (Lipinski definition) is 20. The zero-order valence-electron chi connectivity index (χ0n) is 64.0. The maximum atomic E-state index is 14.8. The summed E-state index contributed by atoms with van der Waals surface area (Å²) in [5.74, 6) is 2.09. The highest BCUT2D eigenvalue weighted by atomic mass is 19.1. The molecular formula is C86H79FN24O4. The van der Waals surface area contributed by atoms with Crippen LogP contribution in [0.15, 0.2) is 221 Å². The van der Waals surface area contributed by atoms with Gasteiger partial charge in [0.15, 0.2) is 45.9 Å². The first-order chi connectivity index (χ1) is 55.9. The van der Waals surface area contributed by atoms with E-state index in [0.29, 0.717) is 74.5 Å². The predicted molar refractivity (Wildman–Crippen MR) is 446 cm³/mol. The Bertz CT molecular complexity index is 6820. The van der Waals surface area contributed by atoms with Crippen LogP contribution in [0.2, 0.25) is 0 Å². The van der Waals surface area contributed by atoms with E-state index in [-0.39, 0.29) is 52.1 Å². The molecule has 0 amide bonds. The lowest BCUT2D eigenvalue weighted by Crippen LogP contribution is -2.26. The Labute approximate surface area is 654 Å². The number of pyridine rings is 4. The summed E-state index contributed by atoms with van der Waals surface area (Å²) < 4.78 is 21.9. The highest BCUT2D eigenvalue weighted by Crippen LogP contribution is 2.40. The molecule has 2 saturated carbocycles. The number of nitrogens with zero attached hydrogens (tertiary/aromatic N) is 16. The molecule has 115 heavy (non-hydrogen) atoms. The number of imidazole rings is 4. The number of benzene rings is 6. The summed E-state index contributed by atoms with van der Waals surface area (Å²) in [6, 6.07) is 47.7. The maximum absolute atomic E-state index is 14.8. The molecule has 18 aromatic rings. The molecule has 20 rings (SSSR count). The van der Waals surface area contributed by atoms with Crippen molar-refractivity contribution in [2.24, 2.45) is 0 Å². The van der Waals surface area contributed by atoms with E-state index in [4.69, 9.17) is 0 Å². The number of halogens is 1. The van der Waals surface area contributed by atoms with Gasteiger partial charge in [0.05, 0.1) is 76.7 Å². The van der Waals surface area contributed by atoms with Gasteiger partial charge in [-0.05, 0) is 173 Å². The zero-order chi connectivity index (χ0) is 79.3. The quantitative estimate of drug-likeness (QED) is 0.0445. The number of aromatic nitrogens is 20. The number of aryl methyl sites for hydroxylation is 4. The largest absolute Gasteiger partial charge is 0.360 e. The second-order valence-electron chi connectivity index (χ2n) is 29.1. The normalized spacial score (nSPS) is 13.7. The van der Waals surface area contributed by atoms with Gasteiger partial charge < -0.3 is 50.3 Å². The van der Waals surface area contributed by atoms with Crippen molar-refractivity contribution in [1.29, 1.82) is 0 Å². The van der Waals surface area contributed by atoms with E-state index in [1.54, 1.807) is 48.1 Å². The van der Waals surface area contributed by atoms with Crippen molar-refractivity contribution < 1.29 is 4.39 Å². The van der Waals surface area contributed by atoms with Crippen molar-refractivity contribution in [3.8, 4) is 11.4 Å². The van der Waals surface area contributed by atoms with Gasteiger partial charge in [0.2, 0.25) is 0 Å². The predicted octanol–water partition coefficient (Wildman–Crippen LogP) is 15.4. The number of para-hydroxylation sites is 2. The van der Waals surface area contributed by atoms with Crippen LogP contribution in [-0.2, 0) is 0 Å². The molecule has 6 aromatic carbocycles. The molecule has 0 radical (unpaired) electrons. The molecule has 0 bridgehead atoms. The van der Waals surface area contributed by atoms with Crippen LogP contribution in [0.3, 0.4) is 0 Å². The number of hydrogen-bond donors (Lipinski definition) is 8. The fraction of sp³-hybridized carbons (Fsp3) is 0.209. The van der Waals surface area contributed by atoms with Gasteiger partial charge in [0, 0.05) is 40.5 Å². The third-order valence-corrected chi connectivity index (χ3v) is 21.2. The summed E-state index contributed by atoms with van der Waals surface area (Å²) in [5.41, 5.74) is 13.5. The standard InChI is InChI=1S/C23H19FN6O.C23H20N6O.2C20H20N6O/c1-13-6-5-7-15-10-18(14(2)29-22-20-21(26-11-25-20)27-12-28-22)30(23(31)19(13)15)17-9-4-3-8-16(17)24;1-14-7-6-8-16-11-18(29(23(30)19(14)16)17-9-4-3-5-10-17)15(2)28-22-20-21(25-12-24-20)26-13-27-22;2*1-11-4-3-5-13-8-15(26(14-6-7-14)20(27)16(11)13)12(2)25-19-17-18(22-9-21-17)23-10-24-19/h3-12,14H,1-2H3,(H2,25,26,27,28,29);3-13,15H,1-2H3,(H2,24,25,26,27,28);2*3-5,8-10,12,14H,6-7H2,1-2H3,(H2,21,22,23,24,25)/t;;12-;/m..0./s1. The van der Waals surface area contributed by atoms with Gasteiger partial charge in [-0.3, -0.25) is 28.3 Å². The lowest BCUT2D eigenvalue weighted by Gasteiger charge is -2.22. The van der Waals surface area contributed by atoms with Crippen LogP contribution in [0.1, 0.15) is 135 Å². The van der Waals surface area contributed by atoms with Crippen LogP contribution in [-0.4, -0.2) is 98.0 Å². The van der Waals surface area contributed by atoms with E-state index in [9.17, 15) is 23.6 Å². The first kappa shape index (κ1) is 73.3. The van der Waals surface area contributed by atoms with Crippen molar-refractivity contribution in [1.82, 2.24) is 98.0 Å². The smallest absolute Gasteiger partial charge is 0.263 e. The van der Waals surface area contributed by atoms with E-state index in [1.807, 2.05) is 160 Å². The monoisotopic (exact) mass is 1530 g/mol. The van der Waals surface area contributed by atoms with Crippen molar-refractivity contribution in [3.63, 3.8) is 0 Å². The maximum Gasteiger partial charge on any atom is 0.263 e. The zero-order valence-corrected chi connectivity index (χ0v) is 64.0. The fourth-order valence-electron chi connectivity index (χ4n) is 15.3. The second kappa shape index (κ2) is 30.6. The van der Waals surface area contributed by atoms with Gasteiger partial charge in [0.1, 0.15) is 53.2 Å². The van der Waals surface area contributed by atoms with E-state index < -0.39 is 5.82 Å². The third kappa shape index (κ3) is 14.2. The lowest BCUT2D eigenvalue weighted by molar-refractivity contribution is 0.611. The summed E-state index contributed by atoms with van der Waals surface area (Å²) in [7, 11) is 0. The number of rotatable bonds is 16. The fourth-order valence-corrected chi connectivity index (χ4v) is 15.3. The Balaban J connectivity index is 0.000000111. The lowest BCUT2D eigenvalue weighted by atomic mass is 10.0. The molecule has 0 aliphatic heterocycles. The van der Waals surface area contributed by atoms with Gasteiger partial charge >= 0.3 is 0 Å². The SMILES string of the molecule is Cc1cccc2cc(C(C)Nc3ncnc4nc[nH]c34)n(-c3ccccc3)c(=O)c12.Cc1cccc2cc(C(C)Nc3ncnc4nc[nH]c34)n(-c3ccccc3F)c(=O)c12.Cc1cccc2cc(C(C)Nc3ncnc4nc[nH]c34)n(C3CC3)c(=O)c12.Cc1cccc2cc([C@H](C)Nc3ncnc4nc[nH]c34)n(C3CC3)c(=O)c12. The first-order valence-electron chi connectivity index (χ1n) is 38.0. The van der Waals surface area contributed by atoms with Crippen LogP contribution >= 0.6 is 0 Å². The van der Waals surface area contributed by atoms with E-state index in [2.05, 4.69) is 133 Å². The average molecular weight is 1530 g/mol. The van der Waals surface area contributed by atoms with Crippen LogP contribution < -0.4 is 43.5 Å². The summed E-state index contributed by atoms with van der Waals surface area (Å²) >= 11 is 0. The van der Waals surface area contributed by atoms with Crippen LogP contribution in [0.4, 0.5) is 27.7 Å². The third-order valence-electron chi connectivity index (χ3n) is 21.2. The van der Waals surface area contributed by atoms with Gasteiger partial charge in [0.25, 0.3) is 22.2 Å². The molecule has 29 heteroatoms. The molecule has 574 valence electrons. The molecule has 28 nitrogen and oxygen atoms in total. The first-order valence-corrected chi connectivity index (χ1v) is 38.0. The Morgan fingerprint density at radius 3 is 1.00 bits per heavy atom. The average Bonchev–Trinajstić information content (AvgIpc) is 1.72. The van der Waals surface area contributed by atoms with Crippen molar-refractivity contribution in [2.45, 2.75) is 117 Å². The minimum atomic E-state index is -0.469. The molecule has 8 N–H and O–H groups in total. The molecule has 3 unspecified atom stereocenters. The van der Waals surface area contributed by atoms with E-state index >= 15 is 0 Å². The molecule has 2 aliphatic rings. The highest BCUT2D eigenvalue weighted by Gasteiger charge is 2.32. The number of aromatic amines is 4. The van der Waals surface area contributed by atoms with E-state index in [0.717, 1.165) is 125 Å². The Kier molecular flexibility index (Phi) is 19.5. The number of nitrogens with one attached hydrogen (secondary N) is 8. The van der Waals surface area contributed by atoms with Crippen molar-refractivity contribution in [3.05, 3.63) is 295 Å². The summed E-state index contributed by atoms with van der Waals surface area (Å²) in [6.07, 6.45) is 16.4. The number of fused-ring (bicyclic) bond motifs is 8. The Morgan fingerprint density at radius 1 is 0.348 bits per heavy atom. The van der Waals surface area contributed by atoms with Gasteiger partial charge in [-0.1, -0.05) is 103 Å². The van der Waals surface area contributed by atoms with E-state index in [1.165, 1.54) is 35.9 Å². The summed E-state index contributed by atoms with van der Waals surface area (Å²) in [5, 5.41) is 20.2. The Hall–Kier alpha value is -14.5. The molecule has 2 aliphatic carbocycles.